The van der Waals surface area contributed by atoms with E-state index in [2.05, 4.69) is 5.32 Å². The molecule has 0 aliphatic carbocycles. The van der Waals surface area contributed by atoms with Gasteiger partial charge in [0.05, 0.1) is 16.7 Å². The van der Waals surface area contributed by atoms with E-state index in [4.69, 9.17) is 16.9 Å². The summed E-state index contributed by atoms with van der Waals surface area (Å²) in [6.07, 6.45) is 0.472. The van der Waals surface area contributed by atoms with Gasteiger partial charge < -0.3 is 15.2 Å². The third kappa shape index (κ3) is 3.00. The molecule has 0 saturated carbocycles. The minimum atomic E-state index is -0.804. The lowest BCUT2D eigenvalue weighted by molar-refractivity contribution is -0.110. The van der Waals surface area contributed by atoms with E-state index in [1.165, 1.54) is 6.92 Å². The fourth-order valence-electron chi connectivity index (χ4n) is 1.64. The van der Waals surface area contributed by atoms with E-state index in [0.717, 1.165) is 5.56 Å². The highest BCUT2D eigenvalue weighted by molar-refractivity contribution is 6.33. The van der Waals surface area contributed by atoms with Gasteiger partial charge in [0.15, 0.2) is 0 Å². The minimum Gasteiger partial charge on any atom is -0.391 e. The molecule has 0 saturated heterocycles. The van der Waals surface area contributed by atoms with Crippen LogP contribution in [0, 0.1) is 11.3 Å². The molecule has 0 amide bonds. The Morgan fingerprint density at radius 1 is 1.61 bits per heavy atom. The van der Waals surface area contributed by atoms with Crippen molar-refractivity contribution in [2.45, 2.75) is 32.4 Å². The Bertz CT molecular complexity index is 481. The molecule has 0 bridgehead atoms. The maximum Gasteiger partial charge on any atom is 0.144 e. The maximum absolute atomic E-state index is 10.9. The largest absolute Gasteiger partial charge is 0.391 e. The number of anilines is 1. The van der Waals surface area contributed by atoms with Crippen LogP contribution < -0.4 is 5.32 Å². The van der Waals surface area contributed by atoms with Crippen molar-refractivity contribution in [3.05, 3.63) is 28.3 Å². The summed E-state index contributed by atoms with van der Waals surface area (Å²) in [5.41, 5.74) is 1.83. The molecule has 0 fully saturated rings. The van der Waals surface area contributed by atoms with E-state index in [0.29, 0.717) is 29.0 Å². The molecular weight excluding hydrogens is 252 g/mol. The van der Waals surface area contributed by atoms with Crippen LogP contribution in [0.4, 0.5) is 5.69 Å². The fraction of sp³-hybridized carbons (Fsp3) is 0.385. The molecule has 1 aromatic carbocycles. The lowest BCUT2D eigenvalue weighted by Crippen LogP contribution is -2.33. The van der Waals surface area contributed by atoms with Gasteiger partial charge in [-0.1, -0.05) is 18.5 Å². The van der Waals surface area contributed by atoms with E-state index in [1.807, 2.05) is 13.0 Å². The first-order valence-electron chi connectivity index (χ1n) is 5.66. The Hall–Kier alpha value is -1.57. The van der Waals surface area contributed by atoms with E-state index < -0.39 is 12.1 Å². The van der Waals surface area contributed by atoms with Gasteiger partial charge in [-0.15, -0.1) is 0 Å². The first-order chi connectivity index (χ1) is 8.54. The number of carbonyl (C=O) groups excluding carboxylic acids is 1. The van der Waals surface area contributed by atoms with Gasteiger partial charge in [-0.25, -0.2) is 0 Å². The van der Waals surface area contributed by atoms with Crippen molar-refractivity contribution in [1.82, 2.24) is 0 Å². The number of nitrogens with zero attached hydrogens (tertiary/aromatic N) is 1. The molecule has 2 N–H and O–H groups in total. The Morgan fingerprint density at radius 3 is 2.72 bits per heavy atom. The molecule has 1 aromatic rings. The monoisotopic (exact) mass is 266 g/mol. The molecule has 0 aliphatic rings. The molecule has 0 aliphatic heterocycles. The number of nitrogens with one attached hydrogen (secondary N) is 1. The number of aliphatic hydroxyl groups excluding tert-OH is 1. The van der Waals surface area contributed by atoms with E-state index in [-0.39, 0.29) is 0 Å². The lowest BCUT2D eigenvalue weighted by Gasteiger charge is -2.19. The van der Waals surface area contributed by atoms with Crippen LogP contribution in [-0.2, 0) is 11.2 Å². The summed E-state index contributed by atoms with van der Waals surface area (Å²) in [5, 5.41) is 21.6. The standard InChI is InChI=1S/C13H15ClN2O2/c1-3-10-11(16-12(7-17)8(2)18)5-4-9(6-15)13(10)14/h4-5,7-8,12,16,18H,3H2,1-2H3/t8-,12+/m1/s1. The summed E-state index contributed by atoms with van der Waals surface area (Å²) >= 11 is 6.11. The molecule has 5 heteroatoms. The van der Waals surface area contributed by atoms with Crippen LogP contribution >= 0.6 is 11.6 Å². The van der Waals surface area contributed by atoms with Crippen molar-refractivity contribution in [2.75, 3.05) is 5.32 Å². The number of benzene rings is 1. The summed E-state index contributed by atoms with van der Waals surface area (Å²) in [6, 6.07) is 4.60. The Morgan fingerprint density at radius 2 is 2.28 bits per heavy atom. The number of rotatable bonds is 5. The summed E-state index contributed by atoms with van der Waals surface area (Å²) in [7, 11) is 0. The van der Waals surface area contributed by atoms with Gasteiger partial charge in [0.1, 0.15) is 18.4 Å². The van der Waals surface area contributed by atoms with Crippen LogP contribution in [-0.4, -0.2) is 23.5 Å². The molecule has 0 radical (unpaired) electrons. The molecule has 0 spiro atoms. The Balaban J connectivity index is 3.14. The number of nitriles is 1. The SMILES string of the molecule is CCc1c(N[C@@H](C=O)[C@@H](C)O)ccc(C#N)c1Cl. The van der Waals surface area contributed by atoms with Crippen LogP contribution in [0.25, 0.3) is 0 Å². The van der Waals surface area contributed by atoms with Gasteiger partial charge in [0.2, 0.25) is 0 Å². The average molecular weight is 267 g/mol. The van der Waals surface area contributed by atoms with Crippen molar-refractivity contribution in [1.29, 1.82) is 5.26 Å². The van der Waals surface area contributed by atoms with Crippen LogP contribution in [0.3, 0.4) is 0 Å². The van der Waals surface area contributed by atoms with Crippen LogP contribution in [0.5, 0.6) is 0 Å². The number of aldehydes is 1. The van der Waals surface area contributed by atoms with E-state index in [9.17, 15) is 9.90 Å². The molecule has 0 heterocycles. The summed E-state index contributed by atoms with van der Waals surface area (Å²) in [6.45, 7) is 3.44. The van der Waals surface area contributed by atoms with Gasteiger partial charge in [0.25, 0.3) is 0 Å². The predicted octanol–water partition coefficient (Wildman–Crippen LogP) is 2.13. The van der Waals surface area contributed by atoms with Gasteiger partial charge in [-0.2, -0.15) is 5.26 Å². The zero-order valence-corrected chi connectivity index (χ0v) is 11.0. The molecule has 18 heavy (non-hydrogen) atoms. The van der Waals surface area contributed by atoms with E-state index in [1.54, 1.807) is 12.1 Å². The van der Waals surface area contributed by atoms with E-state index >= 15 is 0 Å². The molecule has 96 valence electrons. The van der Waals surface area contributed by atoms with Gasteiger partial charge in [-0.05, 0) is 31.0 Å². The third-order valence-corrected chi connectivity index (χ3v) is 3.14. The van der Waals surface area contributed by atoms with Crippen LogP contribution in [0.2, 0.25) is 5.02 Å². The lowest BCUT2D eigenvalue weighted by atomic mass is 10.1. The second-order valence-corrected chi connectivity index (χ2v) is 4.34. The second-order valence-electron chi connectivity index (χ2n) is 3.97. The summed E-state index contributed by atoms with van der Waals surface area (Å²) in [5.74, 6) is 0. The number of carbonyl (C=O) groups is 1. The van der Waals surface area contributed by atoms with Crippen molar-refractivity contribution < 1.29 is 9.90 Å². The molecule has 0 unspecified atom stereocenters. The highest BCUT2D eigenvalue weighted by Gasteiger charge is 2.17. The molecular formula is C13H15ClN2O2. The molecule has 0 aromatic heterocycles. The normalized spacial score (nSPS) is 13.5. The number of aliphatic hydroxyl groups is 1. The Labute approximate surface area is 111 Å². The van der Waals surface area contributed by atoms with Crippen molar-refractivity contribution >= 4 is 23.6 Å². The molecule has 2 atom stereocenters. The van der Waals surface area contributed by atoms with Crippen LogP contribution in [0.15, 0.2) is 12.1 Å². The smallest absolute Gasteiger partial charge is 0.144 e. The number of halogens is 1. The molecule has 4 nitrogen and oxygen atoms in total. The maximum atomic E-state index is 10.9. The zero-order valence-electron chi connectivity index (χ0n) is 10.3. The summed E-state index contributed by atoms with van der Waals surface area (Å²) < 4.78 is 0. The third-order valence-electron chi connectivity index (χ3n) is 2.71. The first-order valence-corrected chi connectivity index (χ1v) is 6.04. The average Bonchev–Trinajstić information content (AvgIpc) is 2.35. The topological polar surface area (TPSA) is 73.1 Å². The van der Waals surface area contributed by atoms with Gasteiger partial charge >= 0.3 is 0 Å². The fourth-order valence-corrected chi connectivity index (χ4v) is 1.98. The highest BCUT2D eigenvalue weighted by atomic mass is 35.5. The quantitative estimate of drug-likeness (QED) is 0.801. The summed E-state index contributed by atoms with van der Waals surface area (Å²) in [4.78, 5) is 10.9. The van der Waals surface area contributed by atoms with Gasteiger partial charge in [-0.3, -0.25) is 0 Å². The predicted molar refractivity (Wildman–Crippen MR) is 70.7 cm³/mol. The second kappa shape index (κ2) is 6.39. The molecule has 1 rings (SSSR count). The number of hydrogen-bond acceptors (Lipinski definition) is 4. The minimum absolute atomic E-state index is 0.389. The van der Waals surface area contributed by atoms with Crippen LogP contribution in [0.1, 0.15) is 25.0 Å². The zero-order chi connectivity index (χ0) is 13.7. The Kier molecular flexibility index (Phi) is 5.14. The number of hydrogen-bond donors (Lipinski definition) is 2. The van der Waals surface area contributed by atoms with Crippen molar-refractivity contribution in [3.63, 3.8) is 0 Å². The van der Waals surface area contributed by atoms with Gasteiger partial charge in [0, 0.05) is 5.69 Å². The van der Waals surface area contributed by atoms with Crippen molar-refractivity contribution in [2.24, 2.45) is 0 Å². The first kappa shape index (κ1) is 14.5. The highest BCUT2D eigenvalue weighted by Crippen LogP contribution is 2.29. The van der Waals surface area contributed by atoms with Crippen molar-refractivity contribution in [3.8, 4) is 6.07 Å².